The third-order valence-corrected chi connectivity index (χ3v) is 4.80. The van der Waals surface area contributed by atoms with Crippen molar-refractivity contribution < 1.29 is 14.7 Å². The number of piperidine rings is 1. The van der Waals surface area contributed by atoms with Crippen molar-refractivity contribution >= 4 is 11.8 Å². The van der Waals surface area contributed by atoms with Gasteiger partial charge < -0.3 is 10.0 Å². The second kappa shape index (κ2) is 7.73. The van der Waals surface area contributed by atoms with Crippen molar-refractivity contribution in [2.24, 2.45) is 11.8 Å². The predicted octanol–water partition coefficient (Wildman–Crippen LogP) is 3.31. The van der Waals surface area contributed by atoms with Crippen molar-refractivity contribution in [1.82, 2.24) is 4.90 Å². The second-order valence-electron chi connectivity index (χ2n) is 6.97. The number of aryl methyl sites for hydroxylation is 2. The molecule has 4 nitrogen and oxygen atoms in total. The van der Waals surface area contributed by atoms with Crippen LogP contribution in [0.3, 0.4) is 0 Å². The van der Waals surface area contributed by atoms with Gasteiger partial charge in [0.15, 0.2) is 5.78 Å². The van der Waals surface area contributed by atoms with E-state index in [1.807, 2.05) is 32.0 Å². The Morgan fingerprint density at radius 2 is 2.04 bits per heavy atom. The summed E-state index contributed by atoms with van der Waals surface area (Å²) < 4.78 is 0. The first-order chi connectivity index (χ1) is 10.9. The maximum Gasteiger partial charge on any atom is 0.304 e. The zero-order valence-corrected chi connectivity index (χ0v) is 14.3. The van der Waals surface area contributed by atoms with Gasteiger partial charge in [-0.05, 0) is 56.3 Å². The number of carbonyl (C=O) groups excluding carboxylic acids is 1. The Morgan fingerprint density at radius 3 is 2.65 bits per heavy atom. The number of carboxylic acids is 1. The van der Waals surface area contributed by atoms with Gasteiger partial charge in [0.25, 0.3) is 0 Å². The number of likely N-dealkylation sites (tertiary alicyclic amines) is 1. The minimum Gasteiger partial charge on any atom is -0.481 e. The Labute approximate surface area is 138 Å². The Morgan fingerprint density at radius 1 is 1.30 bits per heavy atom. The molecule has 126 valence electrons. The van der Waals surface area contributed by atoms with Crippen LogP contribution in [-0.2, 0) is 4.79 Å². The molecule has 1 N–H and O–H groups in total. The van der Waals surface area contributed by atoms with Crippen molar-refractivity contribution in [2.45, 2.75) is 40.0 Å². The predicted molar refractivity (Wildman–Crippen MR) is 90.8 cm³/mol. The van der Waals surface area contributed by atoms with Crippen LogP contribution in [0.2, 0.25) is 0 Å². The van der Waals surface area contributed by atoms with Crippen LogP contribution in [0.4, 0.5) is 0 Å². The lowest BCUT2D eigenvalue weighted by Crippen LogP contribution is -2.40. The van der Waals surface area contributed by atoms with Gasteiger partial charge in [0.1, 0.15) is 0 Å². The smallest absolute Gasteiger partial charge is 0.304 e. The fourth-order valence-electron chi connectivity index (χ4n) is 3.35. The third-order valence-electron chi connectivity index (χ3n) is 4.80. The molecule has 2 atom stereocenters. The van der Waals surface area contributed by atoms with Gasteiger partial charge >= 0.3 is 5.97 Å². The Kier molecular flexibility index (Phi) is 5.94. The lowest BCUT2D eigenvalue weighted by Gasteiger charge is -2.33. The molecule has 1 aliphatic heterocycles. The minimum atomic E-state index is -0.905. The zero-order valence-electron chi connectivity index (χ0n) is 14.3. The summed E-state index contributed by atoms with van der Waals surface area (Å²) in [5.74, 6) is -0.808. The maximum atomic E-state index is 12.8. The highest BCUT2D eigenvalue weighted by Gasteiger charge is 2.27. The summed E-state index contributed by atoms with van der Waals surface area (Å²) in [5, 5.41) is 9.19. The van der Waals surface area contributed by atoms with E-state index in [9.17, 15) is 14.7 Å². The normalized spacial score (nSPS) is 20.2. The van der Waals surface area contributed by atoms with Gasteiger partial charge in [0, 0.05) is 24.6 Å². The number of carboxylic acid groups (broad SMARTS) is 1. The van der Waals surface area contributed by atoms with E-state index in [1.165, 1.54) is 6.42 Å². The van der Waals surface area contributed by atoms with Crippen LogP contribution in [0.15, 0.2) is 18.2 Å². The molecule has 1 heterocycles. The fourth-order valence-corrected chi connectivity index (χ4v) is 3.35. The lowest BCUT2D eigenvalue weighted by molar-refractivity contribution is -0.137. The molecule has 0 amide bonds. The number of rotatable bonds is 6. The Bertz CT molecular complexity index is 582. The number of carbonyl (C=O) groups is 2. The van der Waals surface area contributed by atoms with E-state index < -0.39 is 11.9 Å². The summed E-state index contributed by atoms with van der Waals surface area (Å²) in [7, 11) is 0. The number of Topliss-reactive ketones (excluding diaryl/α,β-unsaturated/α-hetero) is 1. The molecule has 1 aromatic rings. The number of ketones is 1. The van der Waals surface area contributed by atoms with Gasteiger partial charge in [-0.3, -0.25) is 9.59 Å². The summed E-state index contributed by atoms with van der Waals surface area (Å²) in [4.78, 5) is 26.3. The van der Waals surface area contributed by atoms with Crippen molar-refractivity contribution in [3.05, 3.63) is 34.9 Å². The van der Waals surface area contributed by atoms with Crippen LogP contribution < -0.4 is 0 Å². The van der Waals surface area contributed by atoms with E-state index in [4.69, 9.17) is 0 Å². The first kappa shape index (κ1) is 17.7. The molecule has 1 aliphatic rings. The molecule has 0 aliphatic carbocycles. The highest BCUT2D eigenvalue weighted by atomic mass is 16.4. The summed E-state index contributed by atoms with van der Waals surface area (Å²) in [5.41, 5.74) is 2.84. The van der Waals surface area contributed by atoms with Gasteiger partial charge in [-0.1, -0.05) is 19.1 Å². The Hall–Kier alpha value is -1.68. The van der Waals surface area contributed by atoms with Crippen LogP contribution in [0, 0.1) is 25.7 Å². The summed E-state index contributed by atoms with van der Waals surface area (Å²) in [6.07, 6.45) is 2.24. The molecular formula is C19H27NO3. The second-order valence-corrected chi connectivity index (χ2v) is 6.97. The SMILES string of the molecule is Cc1ccc(C(=O)C(CC(=O)O)CN2CCCC(C)C2)cc1C. The van der Waals surface area contributed by atoms with Gasteiger partial charge in [0.2, 0.25) is 0 Å². The van der Waals surface area contributed by atoms with E-state index in [2.05, 4.69) is 11.8 Å². The molecule has 1 aromatic carbocycles. The lowest BCUT2D eigenvalue weighted by atomic mass is 9.91. The van der Waals surface area contributed by atoms with E-state index >= 15 is 0 Å². The number of hydrogen-bond acceptors (Lipinski definition) is 3. The van der Waals surface area contributed by atoms with Crippen LogP contribution >= 0.6 is 0 Å². The van der Waals surface area contributed by atoms with E-state index in [0.29, 0.717) is 18.0 Å². The first-order valence-corrected chi connectivity index (χ1v) is 8.42. The molecule has 0 bridgehead atoms. The highest BCUT2D eigenvalue weighted by molar-refractivity contribution is 5.99. The summed E-state index contributed by atoms with van der Waals surface area (Å²) in [6, 6.07) is 5.63. The van der Waals surface area contributed by atoms with Crippen LogP contribution in [0.25, 0.3) is 0 Å². The average molecular weight is 317 g/mol. The van der Waals surface area contributed by atoms with E-state index in [1.54, 1.807) is 0 Å². The number of hydrogen-bond donors (Lipinski definition) is 1. The van der Waals surface area contributed by atoms with Crippen molar-refractivity contribution in [3.8, 4) is 0 Å². The molecule has 1 saturated heterocycles. The monoisotopic (exact) mass is 317 g/mol. The summed E-state index contributed by atoms with van der Waals surface area (Å²) in [6.45, 7) is 8.65. The molecule has 0 aromatic heterocycles. The maximum absolute atomic E-state index is 12.8. The highest BCUT2D eigenvalue weighted by Crippen LogP contribution is 2.21. The molecular weight excluding hydrogens is 290 g/mol. The van der Waals surface area contributed by atoms with Crippen LogP contribution in [0.5, 0.6) is 0 Å². The van der Waals surface area contributed by atoms with Gasteiger partial charge in [-0.15, -0.1) is 0 Å². The third kappa shape index (κ3) is 4.90. The number of aliphatic carboxylic acids is 1. The van der Waals surface area contributed by atoms with Crippen molar-refractivity contribution in [3.63, 3.8) is 0 Å². The standard InChI is InChI=1S/C19H27NO3/c1-13-5-4-8-20(11-13)12-17(10-18(21)22)19(23)16-7-6-14(2)15(3)9-16/h6-7,9,13,17H,4-5,8,10-12H2,1-3H3,(H,21,22). The molecule has 4 heteroatoms. The van der Waals surface area contributed by atoms with Crippen molar-refractivity contribution in [2.75, 3.05) is 19.6 Å². The molecule has 2 unspecified atom stereocenters. The zero-order chi connectivity index (χ0) is 17.0. The van der Waals surface area contributed by atoms with E-state index in [0.717, 1.165) is 30.6 Å². The molecule has 23 heavy (non-hydrogen) atoms. The van der Waals surface area contributed by atoms with Crippen LogP contribution in [0.1, 0.15) is 47.7 Å². The first-order valence-electron chi connectivity index (χ1n) is 8.42. The number of nitrogens with zero attached hydrogens (tertiary/aromatic N) is 1. The molecule has 0 saturated carbocycles. The average Bonchev–Trinajstić information content (AvgIpc) is 2.48. The molecule has 0 radical (unpaired) electrons. The number of benzene rings is 1. The van der Waals surface area contributed by atoms with Gasteiger partial charge in [0.05, 0.1) is 6.42 Å². The molecule has 0 spiro atoms. The van der Waals surface area contributed by atoms with E-state index in [-0.39, 0.29) is 12.2 Å². The van der Waals surface area contributed by atoms with Gasteiger partial charge in [-0.2, -0.15) is 0 Å². The fraction of sp³-hybridized carbons (Fsp3) is 0.579. The largest absolute Gasteiger partial charge is 0.481 e. The summed E-state index contributed by atoms with van der Waals surface area (Å²) >= 11 is 0. The topological polar surface area (TPSA) is 57.6 Å². The van der Waals surface area contributed by atoms with Gasteiger partial charge in [-0.25, -0.2) is 0 Å². The minimum absolute atomic E-state index is 0.0475. The molecule has 2 rings (SSSR count). The Balaban J connectivity index is 2.14. The van der Waals surface area contributed by atoms with Crippen LogP contribution in [-0.4, -0.2) is 41.4 Å². The molecule has 1 fully saturated rings. The van der Waals surface area contributed by atoms with Crippen molar-refractivity contribution in [1.29, 1.82) is 0 Å². The quantitative estimate of drug-likeness (QED) is 0.818.